The molecule has 0 aliphatic carbocycles. The van der Waals surface area contributed by atoms with E-state index in [-0.39, 0.29) is 5.56 Å². The van der Waals surface area contributed by atoms with E-state index in [0.29, 0.717) is 25.4 Å². The van der Waals surface area contributed by atoms with Gasteiger partial charge in [-0.25, -0.2) is 0 Å². The summed E-state index contributed by atoms with van der Waals surface area (Å²) in [5.41, 5.74) is -1.17. The minimum Gasteiger partial charge on any atom is -0.372 e. The molecule has 0 unspecified atom stereocenters. The molecular weight excluding hydrogens is 269 g/mol. The number of nitrogens with zero attached hydrogens (tertiary/aromatic N) is 2. The molecule has 1 fully saturated rings. The molecule has 6 heteroatoms. The summed E-state index contributed by atoms with van der Waals surface area (Å²) in [6, 6.07) is 5.40. The van der Waals surface area contributed by atoms with Crippen LogP contribution in [-0.2, 0) is 10.9 Å². The normalized spacial score (nSPS) is 18.7. The van der Waals surface area contributed by atoms with Crippen LogP contribution in [-0.4, -0.2) is 25.3 Å². The minimum atomic E-state index is -4.52. The zero-order valence-electron chi connectivity index (χ0n) is 11.3. The highest BCUT2D eigenvalue weighted by atomic mass is 19.4. The van der Waals surface area contributed by atoms with Crippen LogP contribution in [0.5, 0.6) is 0 Å². The Morgan fingerprint density at radius 2 is 2.05 bits per heavy atom. The summed E-state index contributed by atoms with van der Waals surface area (Å²) < 4.78 is 44.4. The van der Waals surface area contributed by atoms with Gasteiger partial charge in [-0.3, -0.25) is 0 Å². The Morgan fingerprint density at radius 3 is 2.60 bits per heavy atom. The third-order valence-corrected chi connectivity index (χ3v) is 3.22. The maximum absolute atomic E-state index is 12.9. The second kappa shape index (κ2) is 4.98. The lowest BCUT2D eigenvalue weighted by atomic mass is 10.0. The van der Waals surface area contributed by atoms with Gasteiger partial charge in [0.2, 0.25) is 0 Å². The smallest absolute Gasteiger partial charge is 0.372 e. The van der Waals surface area contributed by atoms with Crippen LogP contribution in [0.2, 0.25) is 0 Å². The van der Waals surface area contributed by atoms with Gasteiger partial charge in [-0.1, -0.05) is 0 Å². The van der Waals surface area contributed by atoms with Crippen LogP contribution >= 0.6 is 0 Å². The van der Waals surface area contributed by atoms with Crippen molar-refractivity contribution in [2.75, 3.05) is 24.6 Å². The number of morpholine rings is 1. The molecule has 1 heterocycles. The topological polar surface area (TPSA) is 36.3 Å². The molecule has 0 aromatic heterocycles. The average Bonchev–Trinajstić information content (AvgIpc) is 2.35. The van der Waals surface area contributed by atoms with Crippen molar-refractivity contribution in [3.63, 3.8) is 0 Å². The Kier molecular flexibility index (Phi) is 3.65. The minimum absolute atomic E-state index is 0.353. The summed E-state index contributed by atoms with van der Waals surface area (Å²) >= 11 is 0. The van der Waals surface area contributed by atoms with Crippen molar-refractivity contribution < 1.29 is 17.9 Å². The van der Waals surface area contributed by atoms with Crippen LogP contribution in [0, 0.1) is 11.3 Å². The molecule has 1 aromatic rings. The quantitative estimate of drug-likeness (QED) is 0.794. The fraction of sp³-hybridized carbons (Fsp3) is 0.500. The molecule has 0 radical (unpaired) electrons. The van der Waals surface area contributed by atoms with E-state index in [0.717, 1.165) is 6.07 Å². The van der Waals surface area contributed by atoms with Crippen LogP contribution in [0.15, 0.2) is 18.2 Å². The molecule has 3 nitrogen and oxygen atoms in total. The zero-order valence-corrected chi connectivity index (χ0v) is 11.3. The van der Waals surface area contributed by atoms with Gasteiger partial charge in [-0.15, -0.1) is 0 Å². The number of anilines is 1. The summed E-state index contributed by atoms with van der Waals surface area (Å²) in [7, 11) is 0. The van der Waals surface area contributed by atoms with E-state index in [1.807, 2.05) is 18.7 Å². The number of halogens is 3. The zero-order chi connectivity index (χ0) is 15.0. The molecule has 20 heavy (non-hydrogen) atoms. The lowest BCUT2D eigenvalue weighted by Crippen LogP contribution is -2.48. The lowest BCUT2D eigenvalue weighted by Gasteiger charge is -2.39. The largest absolute Gasteiger partial charge is 0.417 e. The molecular formula is C14H15F3N2O. The Morgan fingerprint density at radius 1 is 1.35 bits per heavy atom. The third kappa shape index (κ3) is 3.05. The van der Waals surface area contributed by atoms with Gasteiger partial charge in [0.1, 0.15) is 0 Å². The molecule has 1 aromatic carbocycles. The van der Waals surface area contributed by atoms with Crippen molar-refractivity contribution in [2.45, 2.75) is 25.6 Å². The van der Waals surface area contributed by atoms with E-state index >= 15 is 0 Å². The van der Waals surface area contributed by atoms with Gasteiger partial charge in [-0.2, -0.15) is 18.4 Å². The van der Waals surface area contributed by atoms with Crippen LogP contribution in [0.4, 0.5) is 18.9 Å². The van der Waals surface area contributed by atoms with Crippen LogP contribution in [0.1, 0.15) is 25.0 Å². The fourth-order valence-electron chi connectivity index (χ4n) is 2.30. The average molecular weight is 284 g/mol. The van der Waals surface area contributed by atoms with Gasteiger partial charge >= 0.3 is 6.18 Å². The molecule has 0 atom stereocenters. The maximum Gasteiger partial charge on any atom is 0.417 e. The summed E-state index contributed by atoms with van der Waals surface area (Å²) in [5, 5.41) is 8.78. The lowest BCUT2D eigenvalue weighted by molar-refractivity contribution is -0.137. The SMILES string of the molecule is CC1(C)CN(c2ccc(C#N)c(C(F)(F)F)c2)CCO1. The monoisotopic (exact) mass is 284 g/mol. The number of alkyl halides is 3. The Bertz CT molecular complexity index is 546. The first kappa shape index (κ1) is 14.7. The van der Waals surface area contributed by atoms with Crippen molar-refractivity contribution >= 4 is 5.69 Å². The number of nitriles is 1. The van der Waals surface area contributed by atoms with Crippen molar-refractivity contribution in [2.24, 2.45) is 0 Å². The number of hydrogen-bond donors (Lipinski definition) is 0. The van der Waals surface area contributed by atoms with Gasteiger partial charge in [0.05, 0.1) is 29.4 Å². The van der Waals surface area contributed by atoms with E-state index in [2.05, 4.69) is 0 Å². The molecule has 0 spiro atoms. The highest BCUT2D eigenvalue weighted by Gasteiger charge is 2.35. The Hall–Kier alpha value is -1.74. The number of ether oxygens (including phenoxy) is 1. The highest BCUT2D eigenvalue weighted by molar-refractivity contribution is 5.55. The van der Waals surface area contributed by atoms with E-state index in [9.17, 15) is 13.2 Å². The highest BCUT2D eigenvalue weighted by Crippen LogP contribution is 2.35. The predicted octanol–water partition coefficient (Wildman–Crippen LogP) is 3.19. The van der Waals surface area contributed by atoms with Crippen molar-refractivity contribution in [1.82, 2.24) is 0 Å². The summed E-state index contributed by atoms with van der Waals surface area (Å²) in [6.07, 6.45) is -4.52. The second-order valence-corrected chi connectivity index (χ2v) is 5.37. The van der Waals surface area contributed by atoms with Gasteiger partial charge in [0, 0.05) is 18.8 Å². The van der Waals surface area contributed by atoms with Crippen LogP contribution < -0.4 is 4.90 Å². The first-order chi connectivity index (χ1) is 9.23. The van der Waals surface area contributed by atoms with E-state index < -0.39 is 17.3 Å². The fourth-order valence-corrected chi connectivity index (χ4v) is 2.30. The predicted molar refractivity (Wildman–Crippen MR) is 68.4 cm³/mol. The summed E-state index contributed by atoms with van der Waals surface area (Å²) in [6.45, 7) is 5.30. The summed E-state index contributed by atoms with van der Waals surface area (Å²) in [4.78, 5) is 1.85. The van der Waals surface area contributed by atoms with Crippen LogP contribution in [0.3, 0.4) is 0 Å². The van der Waals surface area contributed by atoms with Crippen molar-refractivity contribution in [3.8, 4) is 6.07 Å². The van der Waals surface area contributed by atoms with Gasteiger partial charge in [0.15, 0.2) is 0 Å². The third-order valence-electron chi connectivity index (χ3n) is 3.22. The van der Waals surface area contributed by atoms with Crippen LogP contribution in [0.25, 0.3) is 0 Å². The number of hydrogen-bond acceptors (Lipinski definition) is 3. The van der Waals surface area contributed by atoms with Gasteiger partial charge < -0.3 is 9.64 Å². The van der Waals surface area contributed by atoms with Crippen molar-refractivity contribution in [3.05, 3.63) is 29.3 Å². The van der Waals surface area contributed by atoms with E-state index in [4.69, 9.17) is 10.00 Å². The molecule has 1 aliphatic heterocycles. The number of rotatable bonds is 1. The molecule has 0 saturated carbocycles. The van der Waals surface area contributed by atoms with Crippen molar-refractivity contribution in [1.29, 1.82) is 5.26 Å². The first-order valence-electron chi connectivity index (χ1n) is 6.23. The molecule has 0 amide bonds. The van der Waals surface area contributed by atoms with E-state index in [1.54, 1.807) is 12.1 Å². The Balaban J connectivity index is 2.37. The first-order valence-corrected chi connectivity index (χ1v) is 6.23. The molecule has 1 aliphatic rings. The van der Waals surface area contributed by atoms with E-state index in [1.165, 1.54) is 6.07 Å². The summed E-state index contributed by atoms with van der Waals surface area (Å²) in [5.74, 6) is 0. The molecule has 0 N–H and O–H groups in total. The Labute approximate surface area is 115 Å². The molecule has 2 rings (SSSR count). The molecule has 1 saturated heterocycles. The standard InChI is InChI=1S/C14H15F3N2O/c1-13(2)9-19(5-6-20-13)11-4-3-10(8-18)12(7-11)14(15,16)17/h3-4,7H,5-6,9H2,1-2H3. The number of benzene rings is 1. The molecule has 108 valence electrons. The maximum atomic E-state index is 12.9. The van der Waals surface area contributed by atoms with Gasteiger partial charge in [0.25, 0.3) is 0 Å². The van der Waals surface area contributed by atoms with Gasteiger partial charge in [-0.05, 0) is 32.0 Å². The second-order valence-electron chi connectivity index (χ2n) is 5.37. The molecule has 0 bridgehead atoms.